The normalized spacial score (nSPS) is 25.9. The van der Waals surface area contributed by atoms with Gasteiger partial charge in [0, 0.05) is 24.2 Å². The van der Waals surface area contributed by atoms with E-state index in [9.17, 15) is 9.59 Å². The number of ether oxygens (including phenoxy) is 1. The highest BCUT2D eigenvalue weighted by Gasteiger charge is 2.41. The summed E-state index contributed by atoms with van der Waals surface area (Å²) >= 11 is 0. The molecule has 3 aliphatic rings. The Morgan fingerprint density at radius 1 is 1.17 bits per heavy atom. The van der Waals surface area contributed by atoms with Crippen LogP contribution in [0.1, 0.15) is 68.8 Å². The Morgan fingerprint density at radius 3 is 2.60 bits per heavy atom. The number of aryl methyl sites for hydroxylation is 1. The minimum atomic E-state index is -0.195. The van der Waals surface area contributed by atoms with Crippen LogP contribution in [-0.4, -0.2) is 54.0 Å². The van der Waals surface area contributed by atoms with Crippen LogP contribution in [0.15, 0.2) is 18.2 Å². The van der Waals surface area contributed by atoms with Gasteiger partial charge in [-0.15, -0.1) is 0 Å². The molecule has 1 aromatic rings. The van der Waals surface area contributed by atoms with Crippen LogP contribution < -0.4 is 15.4 Å². The third-order valence-electron chi connectivity index (χ3n) is 6.55. The summed E-state index contributed by atoms with van der Waals surface area (Å²) in [5, 5.41) is 6.24. The van der Waals surface area contributed by atoms with Gasteiger partial charge in [0.2, 0.25) is 5.91 Å². The Balaban J connectivity index is 1.31. The average Bonchev–Trinajstić information content (AvgIpc) is 2.92. The van der Waals surface area contributed by atoms with Crippen LogP contribution in [0.5, 0.6) is 5.75 Å². The molecule has 164 valence electrons. The van der Waals surface area contributed by atoms with Crippen LogP contribution >= 0.6 is 0 Å². The van der Waals surface area contributed by atoms with Crippen LogP contribution in [0.25, 0.3) is 0 Å². The van der Waals surface area contributed by atoms with Gasteiger partial charge in [0.15, 0.2) is 0 Å². The first kappa shape index (κ1) is 21.2. The summed E-state index contributed by atoms with van der Waals surface area (Å²) in [5.41, 5.74) is 1.60. The van der Waals surface area contributed by atoms with Gasteiger partial charge in [-0.1, -0.05) is 12.1 Å². The molecule has 0 spiro atoms. The molecular formula is C24H35N3O3. The maximum absolute atomic E-state index is 12.8. The maximum Gasteiger partial charge on any atom is 0.255 e. The third kappa shape index (κ3) is 4.80. The SMILES string of the molecule is CC(C)(C)NC(=O)CN1[C@@H]2CC[C@H]1CC(CNC(=O)c1cccc3c1OCCC3)C2. The molecule has 30 heavy (non-hydrogen) atoms. The van der Waals surface area contributed by atoms with Gasteiger partial charge in [0.1, 0.15) is 5.75 Å². The molecule has 2 bridgehead atoms. The van der Waals surface area contributed by atoms with E-state index >= 15 is 0 Å². The van der Waals surface area contributed by atoms with Crippen LogP contribution in [0.3, 0.4) is 0 Å². The fourth-order valence-corrected chi connectivity index (χ4v) is 5.34. The molecule has 0 radical (unpaired) electrons. The molecule has 2 saturated heterocycles. The molecule has 0 aliphatic carbocycles. The van der Waals surface area contributed by atoms with Gasteiger partial charge in [-0.25, -0.2) is 0 Å². The van der Waals surface area contributed by atoms with Crippen molar-refractivity contribution >= 4 is 11.8 Å². The van der Waals surface area contributed by atoms with E-state index in [0.29, 0.717) is 43.3 Å². The molecule has 3 heterocycles. The first-order valence-electron chi connectivity index (χ1n) is 11.4. The zero-order valence-electron chi connectivity index (χ0n) is 18.5. The van der Waals surface area contributed by atoms with Crippen molar-refractivity contribution in [2.24, 2.45) is 5.92 Å². The fourth-order valence-electron chi connectivity index (χ4n) is 5.34. The second kappa shape index (κ2) is 8.58. The average molecular weight is 414 g/mol. The molecular weight excluding hydrogens is 378 g/mol. The number of hydrogen-bond acceptors (Lipinski definition) is 4. The number of rotatable bonds is 5. The molecule has 2 N–H and O–H groups in total. The minimum absolute atomic E-state index is 0.0342. The largest absolute Gasteiger partial charge is 0.492 e. The number of amides is 2. The van der Waals surface area contributed by atoms with Crippen molar-refractivity contribution in [3.05, 3.63) is 29.3 Å². The topological polar surface area (TPSA) is 70.7 Å². The highest BCUT2D eigenvalue weighted by Crippen LogP contribution is 2.38. The zero-order chi connectivity index (χ0) is 21.3. The first-order chi connectivity index (χ1) is 14.3. The number of benzene rings is 1. The van der Waals surface area contributed by atoms with Gasteiger partial charge in [0.25, 0.3) is 5.91 Å². The fraction of sp³-hybridized carbons (Fsp3) is 0.667. The van der Waals surface area contributed by atoms with Gasteiger partial charge < -0.3 is 15.4 Å². The molecule has 0 aromatic heterocycles. The van der Waals surface area contributed by atoms with E-state index in [1.54, 1.807) is 0 Å². The van der Waals surface area contributed by atoms with Gasteiger partial charge >= 0.3 is 0 Å². The minimum Gasteiger partial charge on any atom is -0.492 e. The van der Waals surface area contributed by atoms with Gasteiger partial charge in [-0.2, -0.15) is 0 Å². The molecule has 3 aliphatic heterocycles. The summed E-state index contributed by atoms with van der Waals surface area (Å²) in [6.07, 6.45) is 6.37. The maximum atomic E-state index is 12.8. The van der Waals surface area contributed by atoms with Gasteiger partial charge in [0.05, 0.1) is 18.7 Å². The van der Waals surface area contributed by atoms with Crippen molar-refractivity contribution in [3.8, 4) is 5.75 Å². The number of nitrogens with one attached hydrogen (secondary N) is 2. The Morgan fingerprint density at radius 2 is 1.90 bits per heavy atom. The van der Waals surface area contributed by atoms with Crippen molar-refractivity contribution in [1.29, 1.82) is 0 Å². The predicted octanol–water partition coefficient (Wildman–Crippen LogP) is 2.90. The summed E-state index contributed by atoms with van der Waals surface area (Å²) < 4.78 is 5.79. The number of carbonyl (C=O) groups is 2. The lowest BCUT2D eigenvalue weighted by Crippen LogP contribution is -2.52. The number of carbonyl (C=O) groups excluding carboxylic acids is 2. The van der Waals surface area contributed by atoms with Crippen LogP contribution in [-0.2, 0) is 11.2 Å². The van der Waals surface area contributed by atoms with Crippen molar-refractivity contribution in [2.75, 3.05) is 19.7 Å². The summed E-state index contributed by atoms with van der Waals surface area (Å²) in [4.78, 5) is 27.6. The Bertz CT molecular complexity index is 787. The zero-order valence-corrected chi connectivity index (χ0v) is 18.5. The molecule has 0 saturated carbocycles. The summed E-state index contributed by atoms with van der Waals surface area (Å²) in [5.74, 6) is 1.31. The number of fused-ring (bicyclic) bond motifs is 3. The molecule has 2 amide bonds. The standard InChI is InChI=1S/C24H35N3O3/c1-24(2,3)26-21(28)15-27-18-9-10-19(27)13-16(12-18)14-25-23(29)20-8-4-6-17-7-5-11-30-22(17)20/h4,6,8,16,18-19H,5,7,9-15H2,1-3H3,(H,25,29)(H,26,28)/t16?,18-,19+. The third-order valence-corrected chi connectivity index (χ3v) is 6.55. The quantitative estimate of drug-likeness (QED) is 0.779. The van der Waals surface area contributed by atoms with Crippen LogP contribution in [0, 0.1) is 5.92 Å². The van der Waals surface area contributed by atoms with E-state index in [0.717, 1.165) is 49.8 Å². The van der Waals surface area contributed by atoms with Gasteiger partial charge in [-0.05, 0) is 76.8 Å². The number of para-hydroxylation sites is 1. The van der Waals surface area contributed by atoms with E-state index < -0.39 is 0 Å². The lowest BCUT2D eigenvalue weighted by atomic mass is 9.90. The Hall–Kier alpha value is -2.08. The second-order valence-corrected chi connectivity index (χ2v) is 10.1. The Labute approximate surface area is 179 Å². The number of nitrogens with zero attached hydrogens (tertiary/aromatic N) is 1. The molecule has 6 heteroatoms. The molecule has 2 fully saturated rings. The first-order valence-corrected chi connectivity index (χ1v) is 11.4. The summed E-state index contributed by atoms with van der Waals surface area (Å²) in [6, 6.07) is 6.76. The second-order valence-electron chi connectivity index (χ2n) is 10.1. The number of hydrogen-bond donors (Lipinski definition) is 2. The van der Waals surface area contributed by atoms with Crippen LogP contribution in [0.2, 0.25) is 0 Å². The number of piperidine rings is 1. The van der Waals surface area contributed by atoms with Gasteiger partial charge in [-0.3, -0.25) is 14.5 Å². The lowest BCUT2D eigenvalue weighted by Gasteiger charge is -2.39. The van der Waals surface area contributed by atoms with E-state index in [-0.39, 0.29) is 17.4 Å². The molecule has 3 atom stereocenters. The van der Waals surface area contributed by atoms with Crippen molar-refractivity contribution < 1.29 is 14.3 Å². The molecule has 1 aromatic carbocycles. The Kier molecular flexibility index (Phi) is 6.05. The monoisotopic (exact) mass is 413 g/mol. The van der Waals surface area contributed by atoms with Crippen molar-refractivity contribution in [3.63, 3.8) is 0 Å². The van der Waals surface area contributed by atoms with Crippen molar-refractivity contribution in [1.82, 2.24) is 15.5 Å². The van der Waals surface area contributed by atoms with E-state index in [1.165, 1.54) is 0 Å². The van der Waals surface area contributed by atoms with E-state index in [1.807, 2.05) is 32.9 Å². The summed E-state index contributed by atoms with van der Waals surface area (Å²) in [6.45, 7) is 7.91. The lowest BCUT2D eigenvalue weighted by molar-refractivity contribution is -0.125. The van der Waals surface area contributed by atoms with E-state index in [2.05, 4.69) is 21.6 Å². The predicted molar refractivity (Wildman–Crippen MR) is 117 cm³/mol. The van der Waals surface area contributed by atoms with Crippen molar-refractivity contribution in [2.45, 2.75) is 76.9 Å². The molecule has 4 rings (SSSR count). The highest BCUT2D eigenvalue weighted by atomic mass is 16.5. The van der Waals surface area contributed by atoms with Crippen LogP contribution in [0.4, 0.5) is 0 Å². The molecule has 1 unspecified atom stereocenters. The smallest absolute Gasteiger partial charge is 0.255 e. The van der Waals surface area contributed by atoms with E-state index in [4.69, 9.17) is 4.74 Å². The highest BCUT2D eigenvalue weighted by molar-refractivity contribution is 5.97. The molecule has 6 nitrogen and oxygen atoms in total. The summed E-state index contributed by atoms with van der Waals surface area (Å²) in [7, 11) is 0.